The third-order valence-corrected chi connectivity index (χ3v) is 13.1. The molecule has 1 aromatic heterocycles. The minimum atomic E-state index is -0.991. The first-order valence-electron chi connectivity index (χ1n) is 20.8. The number of unbranched alkanes of at least 4 members (excludes halogenated alkanes) is 3. The molecule has 18 heteroatoms. The Bertz CT molecular complexity index is 2470. The second kappa shape index (κ2) is 20.7. The summed E-state index contributed by atoms with van der Waals surface area (Å²) in [6.45, 7) is 4.19. The molecule has 0 radical (unpaired) electrons. The van der Waals surface area contributed by atoms with E-state index in [9.17, 15) is 29.2 Å². The van der Waals surface area contributed by atoms with Crippen molar-refractivity contribution in [3.05, 3.63) is 75.4 Å². The van der Waals surface area contributed by atoms with Gasteiger partial charge in [0, 0.05) is 74.2 Å². The van der Waals surface area contributed by atoms with Crippen LogP contribution in [0.5, 0.6) is 17.2 Å². The SMILES string of the molecule is COc1cc(Nc2c(C#N)cnc3cc(OCCCN4CCN(C(=O)CCCCCCSc5cccc6c5C(=O)N(C5CCC(=O)NC5=O)C6=O)CC4)c(OC)cc23)c(Cl)cc1Cl. The van der Waals surface area contributed by atoms with E-state index in [4.69, 9.17) is 37.4 Å². The van der Waals surface area contributed by atoms with E-state index in [1.54, 1.807) is 43.5 Å². The second-order valence-electron chi connectivity index (χ2n) is 15.3. The number of hydrogen-bond donors (Lipinski definition) is 2. The number of anilines is 2. The van der Waals surface area contributed by atoms with Crippen molar-refractivity contribution in [1.82, 2.24) is 25.0 Å². The fourth-order valence-corrected chi connectivity index (χ4v) is 9.57. The number of thioether (sulfide) groups is 1. The maximum atomic E-state index is 13.3. The molecular weight excluding hydrogens is 870 g/mol. The summed E-state index contributed by atoms with van der Waals surface area (Å²) in [6, 6.07) is 13.2. The number of ether oxygens (including phenoxy) is 3. The first-order valence-corrected chi connectivity index (χ1v) is 22.6. The summed E-state index contributed by atoms with van der Waals surface area (Å²) in [5.41, 5.74) is 2.51. The number of fused-ring (bicyclic) bond motifs is 2. The van der Waals surface area contributed by atoms with Gasteiger partial charge in [0.25, 0.3) is 11.8 Å². The molecule has 7 rings (SSSR count). The van der Waals surface area contributed by atoms with Crippen LogP contribution >= 0.6 is 35.0 Å². The number of aromatic nitrogens is 1. The van der Waals surface area contributed by atoms with Gasteiger partial charge in [-0.15, -0.1) is 11.8 Å². The first-order chi connectivity index (χ1) is 30.5. The van der Waals surface area contributed by atoms with Crippen LogP contribution in [0.1, 0.15) is 77.6 Å². The summed E-state index contributed by atoms with van der Waals surface area (Å²) in [4.78, 5) is 74.0. The number of nitrogens with zero attached hydrogens (tertiary/aromatic N) is 5. The number of halogens is 2. The second-order valence-corrected chi connectivity index (χ2v) is 17.3. The zero-order valence-corrected chi connectivity index (χ0v) is 37.3. The highest BCUT2D eigenvalue weighted by molar-refractivity contribution is 7.99. The minimum absolute atomic E-state index is 0.0760. The zero-order chi connectivity index (χ0) is 44.6. The van der Waals surface area contributed by atoms with E-state index in [2.05, 4.69) is 26.6 Å². The predicted molar refractivity (Wildman–Crippen MR) is 239 cm³/mol. The van der Waals surface area contributed by atoms with Gasteiger partial charge in [0.2, 0.25) is 17.7 Å². The number of hydrogen-bond acceptors (Lipinski definition) is 13. The fourth-order valence-electron chi connectivity index (χ4n) is 7.98. The molecule has 15 nitrogen and oxygen atoms in total. The van der Waals surface area contributed by atoms with E-state index in [0.717, 1.165) is 62.4 Å². The van der Waals surface area contributed by atoms with Crippen LogP contribution in [-0.4, -0.2) is 115 Å². The van der Waals surface area contributed by atoms with Crippen LogP contribution in [-0.2, 0) is 14.4 Å². The molecular formula is C45H47Cl2N7O8S. The van der Waals surface area contributed by atoms with E-state index in [1.807, 2.05) is 11.0 Å². The minimum Gasteiger partial charge on any atom is -0.495 e. The van der Waals surface area contributed by atoms with Gasteiger partial charge in [0.05, 0.1) is 64.5 Å². The molecule has 4 aromatic rings. The van der Waals surface area contributed by atoms with Crippen molar-refractivity contribution in [3.63, 3.8) is 0 Å². The number of nitrogens with one attached hydrogen (secondary N) is 2. The maximum Gasteiger partial charge on any atom is 0.263 e. The molecule has 2 fully saturated rings. The van der Waals surface area contributed by atoms with Crippen molar-refractivity contribution >= 4 is 86.8 Å². The van der Waals surface area contributed by atoms with E-state index >= 15 is 0 Å². The molecule has 1 unspecified atom stereocenters. The average molecular weight is 917 g/mol. The highest BCUT2D eigenvalue weighted by Gasteiger charge is 2.45. The maximum absolute atomic E-state index is 13.3. The molecule has 0 aliphatic carbocycles. The highest BCUT2D eigenvalue weighted by Crippen LogP contribution is 2.41. The standard InChI is InChI=1S/C45H47Cl2N7O8S/c1-60-35-24-33(30(46)22-31(35)47)50-42-27(25-48)26-49-32-23-37(36(61-2)21-29(32)42)62-19-8-14-52-15-17-53(18-16-52)40(56)11-5-3-4-6-20-63-38-10-7-9-28-41(38)45(59)54(44(28)58)34-12-13-39(55)51-43(34)57/h7,9-10,21-24,26,34H,3-6,8,11-20H2,1-2H3,(H,49,50)(H,51,55,57). The molecule has 0 spiro atoms. The lowest BCUT2D eigenvalue weighted by Crippen LogP contribution is -2.54. The molecule has 0 bridgehead atoms. The molecule has 3 aliphatic heterocycles. The van der Waals surface area contributed by atoms with Crippen molar-refractivity contribution < 1.29 is 38.2 Å². The Morgan fingerprint density at radius 3 is 2.46 bits per heavy atom. The van der Waals surface area contributed by atoms with Gasteiger partial charge in [-0.2, -0.15) is 5.26 Å². The van der Waals surface area contributed by atoms with E-state index in [1.165, 1.54) is 25.1 Å². The van der Waals surface area contributed by atoms with E-state index < -0.39 is 29.7 Å². The number of piperazine rings is 1. The largest absolute Gasteiger partial charge is 0.495 e. The summed E-state index contributed by atoms with van der Waals surface area (Å²) in [6.07, 6.45) is 6.47. The Kier molecular flexibility index (Phi) is 14.9. The van der Waals surface area contributed by atoms with Crippen molar-refractivity contribution in [2.75, 3.05) is 64.6 Å². The molecule has 2 N–H and O–H groups in total. The zero-order valence-electron chi connectivity index (χ0n) is 35.0. The first kappa shape index (κ1) is 45.4. The lowest BCUT2D eigenvalue weighted by molar-refractivity contribution is -0.136. The van der Waals surface area contributed by atoms with E-state index in [0.29, 0.717) is 91.7 Å². The Hall–Kier alpha value is -5.60. The van der Waals surface area contributed by atoms with Crippen LogP contribution in [0.25, 0.3) is 10.9 Å². The van der Waals surface area contributed by atoms with E-state index in [-0.39, 0.29) is 24.3 Å². The lowest BCUT2D eigenvalue weighted by Gasteiger charge is -2.34. The van der Waals surface area contributed by atoms with Crippen molar-refractivity contribution in [3.8, 4) is 23.3 Å². The molecule has 3 aromatic carbocycles. The van der Waals surface area contributed by atoms with Crippen LogP contribution in [0.2, 0.25) is 10.0 Å². The number of carbonyl (C=O) groups excluding carboxylic acids is 5. The van der Waals surface area contributed by atoms with Crippen LogP contribution in [0.15, 0.2) is 53.6 Å². The number of rotatable bonds is 18. The number of benzene rings is 3. The molecule has 0 saturated carbocycles. The van der Waals surface area contributed by atoms with Gasteiger partial charge in [0.1, 0.15) is 17.9 Å². The molecule has 3 aliphatic rings. The van der Waals surface area contributed by atoms with Gasteiger partial charge in [0.15, 0.2) is 11.5 Å². The lowest BCUT2D eigenvalue weighted by atomic mass is 10.0. The molecule has 330 valence electrons. The quantitative estimate of drug-likeness (QED) is 0.0580. The number of pyridine rings is 1. The van der Waals surface area contributed by atoms with Gasteiger partial charge in [-0.05, 0) is 55.7 Å². The van der Waals surface area contributed by atoms with Crippen LogP contribution in [0, 0.1) is 11.3 Å². The molecule has 4 heterocycles. The Morgan fingerprint density at radius 2 is 1.71 bits per heavy atom. The third-order valence-electron chi connectivity index (χ3n) is 11.3. The molecule has 1 atom stereocenters. The van der Waals surface area contributed by atoms with Crippen molar-refractivity contribution in [1.29, 1.82) is 5.26 Å². The fraction of sp³-hybridized carbons (Fsp3) is 0.400. The van der Waals surface area contributed by atoms with Crippen molar-refractivity contribution in [2.24, 2.45) is 0 Å². The monoisotopic (exact) mass is 915 g/mol. The summed E-state index contributed by atoms with van der Waals surface area (Å²) < 4.78 is 17.2. The Balaban J connectivity index is 0.806. The normalized spacial score (nSPS) is 16.5. The van der Waals surface area contributed by atoms with Crippen LogP contribution < -0.4 is 24.8 Å². The Morgan fingerprint density at radius 1 is 0.937 bits per heavy atom. The van der Waals surface area contributed by atoms with Crippen LogP contribution in [0.3, 0.4) is 0 Å². The number of methoxy groups -OCH3 is 2. The summed E-state index contributed by atoms with van der Waals surface area (Å²) in [5, 5.41) is 16.7. The molecule has 5 amide bonds. The number of nitriles is 1. The van der Waals surface area contributed by atoms with Gasteiger partial charge in [-0.1, -0.05) is 42.1 Å². The third kappa shape index (κ3) is 10.3. The van der Waals surface area contributed by atoms with Gasteiger partial charge < -0.3 is 24.4 Å². The average Bonchev–Trinajstić information content (AvgIpc) is 3.54. The highest BCUT2D eigenvalue weighted by atomic mass is 35.5. The molecule has 63 heavy (non-hydrogen) atoms. The number of imide groups is 2. The van der Waals surface area contributed by atoms with Crippen LogP contribution in [0.4, 0.5) is 11.4 Å². The number of amides is 5. The van der Waals surface area contributed by atoms with Gasteiger partial charge in [-0.3, -0.25) is 44.1 Å². The summed E-state index contributed by atoms with van der Waals surface area (Å²) >= 11 is 14.2. The summed E-state index contributed by atoms with van der Waals surface area (Å²) in [7, 11) is 3.06. The number of carbonyl (C=O) groups is 5. The predicted octanol–water partition coefficient (Wildman–Crippen LogP) is 7.23. The van der Waals surface area contributed by atoms with Gasteiger partial charge in [-0.25, -0.2) is 0 Å². The number of piperidine rings is 1. The molecule has 2 saturated heterocycles. The smallest absolute Gasteiger partial charge is 0.263 e. The summed E-state index contributed by atoms with van der Waals surface area (Å²) in [5.74, 6) is 0.324. The van der Waals surface area contributed by atoms with Crippen molar-refractivity contribution in [2.45, 2.75) is 62.3 Å². The van der Waals surface area contributed by atoms with Gasteiger partial charge >= 0.3 is 0 Å². The topological polar surface area (TPSA) is 183 Å². The Labute approximate surface area is 379 Å².